The van der Waals surface area contributed by atoms with Gasteiger partial charge in [-0.1, -0.05) is 17.7 Å². The van der Waals surface area contributed by atoms with Crippen molar-refractivity contribution in [1.82, 2.24) is 5.32 Å². The van der Waals surface area contributed by atoms with Crippen molar-refractivity contribution >= 4 is 11.9 Å². The molecule has 1 aromatic carbocycles. The normalized spacial score (nSPS) is 10.0. The largest absolute Gasteiger partial charge is 0.496 e. The van der Waals surface area contributed by atoms with Crippen molar-refractivity contribution in [1.29, 1.82) is 0 Å². The number of carbonyl (C=O) groups is 2. The number of ether oxygens (including phenoxy) is 1. The highest BCUT2D eigenvalue weighted by Gasteiger charge is 2.08. The van der Waals surface area contributed by atoms with E-state index in [1.807, 2.05) is 25.1 Å². The molecule has 0 saturated heterocycles. The van der Waals surface area contributed by atoms with Crippen LogP contribution in [0.25, 0.3) is 0 Å². The molecule has 104 valence electrons. The molecule has 5 nitrogen and oxygen atoms in total. The molecule has 0 unspecified atom stereocenters. The molecule has 0 fully saturated rings. The Labute approximate surface area is 112 Å². The van der Waals surface area contributed by atoms with Crippen LogP contribution in [-0.4, -0.2) is 30.6 Å². The maximum absolute atomic E-state index is 11.7. The van der Waals surface area contributed by atoms with Crippen LogP contribution in [0.4, 0.5) is 0 Å². The van der Waals surface area contributed by atoms with Crippen molar-refractivity contribution in [2.45, 2.75) is 26.2 Å². The summed E-state index contributed by atoms with van der Waals surface area (Å²) >= 11 is 0. The second-order valence-electron chi connectivity index (χ2n) is 4.34. The fraction of sp³-hybridized carbons (Fsp3) is 0.429. The van der Waals surface area contributed by atoms with Crippen LogP contribution in [0.15, 0.2) is 18.2 Å². The topological polar surface area (TPSA) is 75.6 Å². The summed E-state index contributed by atoms with van der Waals surface area (Å²) in [5.41, 5.74) is 1.90. The zero-order valence-electron chi connectivity index (χ0n) is 11.2. The fourth-order valence-corrected chi connectivity index (χ4v) is 1.75. The van der Waals surface area contributed by atoms with Crippen LogP contribution in [0.1, 0.15) is 24.0 Å². The van der Waals surface area contributed by atoms with E-state index in [2.05, 4.69) is 5.32 Å². The Bertz CT molecular complexity index is 457. The van der Waals surface area contributed by atoms with Crippen molar-refractivity contribution in [3.8, 4) is 5.75 Å². The number of aryl methyl sites for hydroxylation is 1. The maximum atomic E-state index is 11.7. The van der Waals surface area contributed by atoms with Gasteiger partial charge < -0.3 is 15.2 Å². The van der Waals surface area contributed by atoms with Gasteiger partial charge >= 0.3 is 5.97 Å². The van der Waals surface area contributed by atoms with Crippen molar-refractivity contribution < 1.29 is 19.4 Å². The van der Waals surface area contributed by atoms with Crippen molar-refractivity contribution in [2.24, 2.45) is 0 Å². The summed E-state index contributed by atoms with van der Waals surface area (Å²) in [5.74, 6) is -0.296. The lowest BCUT2D eigenvalue weighted by molar-refractivity contribution is -0.137. The molecule has 0 aliphatic carbocycles. The Balaban J connectivity index is 2.47. The molecule has 0 spiro atoms. The molecule has 1 aromatic rings. The van der Waals surface area contributed by atoms with Crippen LogP contribution in [0.3, 0.4) is 0 Å². The molecule has 1 amide bonds. The molecule has 0 atom stereocenters. The van der Waals surface area contributed by atoms with Gasteiger partial charge in [-0.2, -0.15) is 0 Å². The minimum absolute atomic E-state index is 0.0635. The van der Waals surface area contributed by atoms with Crippen molar-refractivity contribution in [2.75, 3.05) is 13.7 Å². The number of carboxylic acids is 1. The fourth-order valence-electron chi connectivity index (χ4n) is 1.75. The van der Waals surface area contributed by atoms with Crippen molar-refractivity contribution in [3.05, 3.63) is 29.3 Å². The average molecular weight is 265 g/mol. The third-order valence-electron chi connectivity index (χ3n) is 2.68. The van der Waals surface area contributed by atoms with Gasteiger partial charge in [-0.25, -0.2) is 0 Å². The van der Waals surface area contributed by atoms with Gasteiger partial charge in [0, 0.05) is 18.5 Å². The Morgan fingerprint density at radius 3 is 2.74 bits per heavy atom. The van der Waals surface area contributed by atoms with Gasteiger partial charge in [0.05, 0.1) is 13.5 Å². The summed E-state index contributed by atoms with van der Waals surface area (Å²) in [5, 5.41) is 11.2. The molecule has 19 heavy (non-hydrogen) atoms. The summed E-state index contributed by atoms with van der Waals surface area (Å²) < 4.78 is 5.20. The number of methoxy groups -OCH3 is 1. The van der Waals surface area contributed by atoms with E-state index < -0.39 is 5.97 Å². The van der Waals surface area contributed by atoms with Gasteiger partial charge in [-0.05, 0) is 19.4 Å². The first-order valence-electron chi connectivity index (χ1n) is 6.15. The summed E-state index contributed by atoms with van der Waals surface area (Å²) in [6.07, 6.45) is 0.734. The van der Waals surface area contributed by atoms with Crippen LogP contribution in [-0.2, 0) is 16.0 Å². The van der Waals surface area contributed by atoms with Crippen LogP contribution in [0.2, 0.25) is 0 Å². The first-order valence-corrected chi connectivity index (χ1v) is 6.15. The summed E-state index contributed by atoms with van der Waals surface area (Å²) in [6.45, 7) is 2.33. The predicted octanol–water partition coefficient (Wildman–Crippen LogP) is 1.53. The number of aliphatic carboxylic acids is 1. The first-order chi connectivity index (χ1) is 9.02. The molecule has 0 saturated carbocycles. The molecule has 1 rings (SSSR count). The van der Waals surface area contributed by atoms with Gasteiger partial charge in [0.25, 0.3) is 0 Å². The van der Waals surface area contributed by atoms with E-state index in [0.29, 0.717) is 18.7 Å². The minimum Gasteiger partial charge on any atom is -0.496 e. The van der Waals surface area contributed by atoms with E-state index in [1.165, 1.54) is 0 Å². The first kappa shape index (κ1) is 15.0. The Morgan fingerprint density at radius 1 is 1.37 bits per heavy atom. The SMILES string of the molecule is COc1ccc(C)cc1CC(=O)NCCCC(=O)O. The molecule has 0 bridgehead atoms. The molecule has 0 aliphatic heterocycles. The number of amides is 1. The lowest BCUT2D eigenvalue weighted by Crippen LogP contribution is -2.26. The number of hydrogen-bond acceptors (Lipinski definition) is 3. The smallest absolute Gasteiger partial charge is 0.303 e. The summed E-state index contributed by atoms with van der Waals surface area (Å²) in [4.78, 5) is 22.0. The second-order valence-corrected chi connectivity index (χ2v) is 4.34. The third kappa shape index (κ3) is 5.42. The van der Waals surface area contributed by atoms with E-state index >= 15 is 0 Å². The molecule has 5 heteroatoms. The van der Waals surface area contributed by atoms with Crippen LogP contribution in [0, 0.1) is 6.92 Å². The summed E-state index contributed by atoms with van der Waals surface area (Å²) in [6, 6.07) is 5.67. The molecular weight excluding hydrogens is 246 g/mol. The van der Waals surface area contributed by atoms with Crippen LogP contribution < -0.4 is 10.1 Å². The predicted molar refractivity (Wildman–Crippen MR) is 71.3 cm³/mol. The Kier molecular flexibility index (Phi) is 5.85. The van der Waals surface area contributed by atoms with Gasteiger partial charge in [-0.3, -0.25) is 9.59 Å². The van der Waals surface area contributed by atoms with E-state index in [0.717, 1.165) is 11.1 Å². The third-order valence-corrected chi connectivity index (χ3v) is 2.68. The number of nitrogens with one attached hydrogen (secondary N) is 1. The van der Waals surface area contributed by atoms with Crippen molar-refractivity contribution in [3.63, 3.8) is 0 Å². The molecule has 2 N–H and O–H groups in total. The highest BCUT2D eigenvalue weighted by atomic mass is 16.5. The van der Waals surface area contributed by atoms with Crippen LogP contribution >= 0.6 is 0 Å². The average Bonchev–Trinajstić information content (AvgIpc) is 2.35. The monoisotopic (exact) mass is 265 g/mol. The molecular formula is C14H19NO4. The summed E-state index contributed by atoms with van der Waals surface area (Å²) in [7, 11) is 1.57. The van der Waals surface area contributed by atoms with Gasteiger partial charge in [0.1, 0.15) is 5.75 Å². The van der Waals surface area contributed by atoms with Gasteiger partial charge in [-0.15, -0.1) is 0 Å². The Hall–Kier alpha value is -2.04. The number of hydrogen-bond donors (Lipinski definition) is 2. The quantitative estimate of drug-likeness (QED) is 0.733. The molecule has 0 heterocycles. The molecule has 0 aromatic heterocycles. The van der Waals surface area contributed by atoms with E-state index in [4.69, 9.17) is 9.84 Å². The highest BCUT2D eigenvalue weighted by Crippen LogP contribution is 2.19. The molecule has 0 radical (unpaired) electrons. The number of rotatable bonds is 7. The maximum Gasteiger partial charge on any atom is 0.303 e. The number of carbonyl (C=O) groups excluding carboxylic acids is 1. The highest BCUT2D eigenvalue weighted by molar-refractivity contribution is 5.79. The standard InChI is InChI=1S/C14H19NO4/c1-10-5-6-12(19-2)11(8-10)9-13(16)15-7-3-4-14(17)18/h5-6,8H,3-4,7,9H2,1-2H3,(H,15,16)(H,17,18). The van der Waals surface area contributed by atoms with E-state index in [1.54, 1.807) is 7.11 Å². The van der Waals surface area contributed by atoms with Crippen LogP contribution in [0.5, 0.6) is 5.75 Å². The van der Waals surface area contributed by atoms with Gasteiger partial charge in [0.15, 0.2) is 0 Å². The van der Waals surface area contributed by atoms with E-state index in [9.17, 15) is 9.59 Å². The molecule has 0 aliphatic rings. The van der Waals surface area contributed by atoms with E-state index in [-0.39, 0.29) is 18.7 Å². The zero-order valence-corrected chi connectivity index (χ0v) is 11.2. The lowest BCUT2D eigenvalue weighted by atomic mass is 10.1. The lowest BCUT2D eigenvalue weighted by Gasteiger charge is -2.09. The second kappa shape index (κ2) is 7.41. The number of benzene rings is 1. The Morgan fingerprint density at radius 2 is 2.11 bits per heavy atom. The zero-order chi connectivity index (χ0) is 14.3. The number of carboxylic acid groups (broad SMARTS) is 1. The minimum atomic E-state index is -0.852. The van der Waals surface area contributed by atoms with Gasteiger partial charge in [0.2, 0.25) is 5.91 Å².